The quantitative estimate of drug-likeness (QED) is 0.801. The number of anilines is 1. The lowest BCUT2D eigenvalue weighted by Gasteiger charge is -2.08. The van der Waals surface area contributed by atoms with Gasteiger partial charge >= 0.3 is 5.97 Å². The van der Waals surface area contributed by atoms with Gasteiger partial charge in [-0.3, -0.25) is 9.52 Å². The minimum absolute atomic E-state index is 0.0345. The van der Waals surface area contributed by atoms with E-state index in [-0.39, 0.29) is 29.8 Å². The van der Waals surface area contributed by atoms with Crippen molar-refractivity contribution < 1.29 is 22.3 Å². The molecule has 0 aliphatic heterocycles. The first kappa shape index (κ1) is 15.9. The smallest absolute Gasteiger partial charge is 0.305 e. The summed E-state index contributed by atoms with van der Waals surface area (Å²) in [5, 5.41) is 8.58. The SMILES string of the molecule is COC(=O)CCCS(=O)(=O)Nc1ccc(C#N)cc1F. The van der Waals surface area contributed by atoms with E-state index in [9.17, 15) is 17.6 Å². The summed E-state index contributed by atoms with van der Waals surface area (Å²) in [5.74, 6) is -1.67. The summed E-state index contributed by atoms with van der Waals surface area (Å²) in [4.78, 5) is 10.9. The Bertz CT molecular complexity index is 637. The molecule has 1 rings (SSSR count). The van der Waals surface area contributed by atoms with E-state index < -0.39 is 21.8 Å². The van der Waals surface area contributed by atoms with Crippen molar-refractivity contribution in [2.24, 2.45) is 0 Å². The minimum Gasteiger partial charge on any atom is -0.469 e. The van der Waals surface area contributed by atoms with Crippen LogP contribution in [0.4, 0.5) is 10.1 Å². The Morgan fingerprint density at radius 1 is 1.50 bits per heavy atom. The Labute approximate surface area is 116 Å². The van der Waals surface area contributed by atoms with Crippen LogP contribution in [-0.4, -0.2) is 27.2 Å². The number of nitriles is 1. The number of halogens is 1. The summed E-state index contributed by atoms with van der Waals surface area (Å²) in [6.07, 6.45) is 0.0349. The second-order valence-corrected chi connectivity index (χ2v) is 5.75. The van der Waals surface area contributed by atoms with Crippen LogP contribution in [0.3, 0.4) is 0 Å². The van der Waals surface area contributed by atoms with Crippen LogP contribution in [-0.2, 0) is 19.6 Å². The molecule has 1 aromatic rings. The topological polar surface area (TPSA) is 96.3 Å². The predicted octanol–water partition coefficient (Wildman–Crippen LogP) is 1.39. The number of benzene rings is 1. The lowest BCUT2D eigenvalue weighted by molar-refractivity contribution is -0.140. The Morgan fingerprint density at radius 3 is 2.75 bits per heavy atom. The van der Waals surface area contributed by atoms with Crippen LogP contribution in [0.5, 0.6) is 0 Å². The summed E-state index contributed by atoms with van der Waals surface area (Å²) in [6.45, 7) is 0. The maximum Gasteiger partial charge on any atom is 0.305 e. The molecule has 0 unspecified atom stereocenters. The first-order chi connectivity index (χ1) is 9.38. The van der Waals surface area contributed by atoms with Crippen LogP contribution in [0.25, 0.3) is 0 Å². The molecular weight excluding hydrogens is 287 g/mol. The Kier molecular flexibility index (Phi) is 5.46. The average molecular weight is 300 g/mol. The van der Waals surface area contributed by atoms with Gasteiger partial charge in [-0.05, 0) is 24.6 Å². The summed E-state index contributed by atoms with van der Waals surface area (Å²) >= 11 is 0. The molecule has 0 aliphatic rings. The number of rotatable bonds is 6. The van der Waals surface area contributed by atoms with E-state index in [1.54, 1.807) is 6.07 Å². The molecule has 0 saturated heterocycles. The summed E-state index contributed by atoms with van der Waals surface area (Å²) < 4.78 is 43.3. The number of methoxy groups -OCH3 is 1. The molecule has 0 fully saturated rings. The fourth-order valence-electron chi connectivity index (χ4n) is 1.39. The fourth-order valence-corrected chi connectivity index (χ4v) is 2.52. The number of nitrogens with one attached hydrogen (secondary N) is 1. The van der Waals surface area contributed by atoms with E-state index in [0.29, 0.717) is 0 Å². The first-order valence-electron chi connectivity index (χ1n) is 5.65. The molecule has 0 saturated carbocycles. The van der Waals surface area contributed by atoms with Crippen LogP contribution in [0.2, 0.25) is 0 Å². The Hall–Kier alpha value is -2.14. The van der Waals surface area contributed by atoms with Gasteiger partial charge in [0.25, 0.3) is 0 Å². The third-order valence-corrected chi connectivity index (χ3v) is 3.74. The van der Waals surface area contributed by atoms with Gasteiger partial charge in [-0.15, -0.1) is 0 Å². The van der Waals surface area contributed by atoms with Crippen molar-refractivity contribution in [3.05, 3.63) is 29.6 Å². The van der Waals surface area contributed by atoms with Crippen molar-refractivity contribution in [3.63, 3.8) is 0 Å². The largest absolute Gasteiger partial charge is 0.469 e. The molecule has 108 valence electrons. The van der Waals surface area contributed by atoms with Gasteiger partial charge < -0.3 is 4.74 Å². The fraction of sp³-hybridized carbons (Fsp3) is 0.333. The van der Waals surface area contributed by atoms with Crippen LogP contribution in [0.1, 0.15) is 18.4 Å². The molecule has 0 atom stereocenters. The number of ether oxygens (including phenoxy) is 1. The van der Waals surface area contributed by atoms with Crippen molar-refractivity contribution in [2.75, 3.05) is 17.6 Å². The highest BCUT2D eigenvalue weighted by Gasteiger charge is 2.14. The average Bonchev–Trinajstić information content (AvgIpc) is 2.40. The summed E-state index contributed by atoms with van der Waals surface area (Å²) in [7, 11) is -2.55. The number of nitrogens with zero attached hydrogens (tertiary/aromatic N) is 1. The van der Waals surface area contributed by atoms with Gasteiger partial charge in [0, 0.05) is 6.42 Å². The third-order valence-electron chi connectivity index (χ3n) is 2.39. The highest BCUT2D eigenvalue weighted by molar-refractivity contribution is 7.92. The number of hydrogen-bond acceptors (Lipinski definition) is 5. The third kappa shape index (κ3) is 4.85. The second-order valence-electron chi connectivity index (χ2n) is 3.91. The number of esters is 1. The molecule has 1 aromatic carbocycles. The van der Waals surface area contributed by atoms with Crippen LogP contribution in [0.15, 0.2) is 18.2 Å². The molecule has 1 N–H and O–H groups in total. The lowest BCUT2D eigenvalue weighted by atomic mass is 10.2. The molecule has 0 amide bonds. The zero-order valence-corrected chi connectivity index (χ0v) is 11.5. The van der Waals surface area contributed by atoms with Gasteiger partial charge in [-0.1, -0.05) is 0 Å². The van der Waals surface area contributed by atoms with E-state index in [2.05, 4.69) is 9.46 Å². The van der Waals surface area contributed by atoms with Crippen molar-refractivity contribution >= 4 is 21.7 Å². The van der Waals surface area contributed by atoms with Crippen molar-refractivity contribution in [3.8, 4) is 6.07 Å². The number of sulfonamides is 1. The van der Waals surface area contributed by atoms with Crippen molar-refractivity contribution in [2.45, 2.75) is 12.8 Å². The Balaban J connectivity index is 2.67. The second kappa shape index (κ2) is 6.86. The molecule has 0 bridgehead atoms. The van der Waals surface area contributed by atoms with Gasteiger partial charge in [-0.2, -0.15) is 5.26 Å². The molecule has 6 nitrogen and oxygen atoms in total. The highest BCUT2D eigenvalue weighted by atomic mass is 32.2. The number of hydrogen-bond donors (Lipinski definition) is 1. The minimum atomic E-state index is -3.76. The van der Waals surface area contributed by atoms with Gasteiger partial charge in [-0.25, -0.2) is 12.8 Å². The molecule has 0 radical (unpaired) electrons. The Morgan fingerprint density at radius 2 is 2.20 bits per heavy atom. The van der Waals surface area contributed by atoms with E-state index in [4.69, 9.17) is 5.26 Å². The maximum atomic E-state index is 13.5. The van der Waals surface area contributed by atoms with E-state index in [0.717, 1.165) is 6.07 Å². The predicted molar refractivity (Wildman–Crippen MR) is 69.8 cm³/mol. The lowest BCUT2D eigenvalue weighted by Crippen LogP contribution is -2.18. The monoisotopic (exact) mass is 300 g/mol. The van der Waals surface area contributed by atoms with Crippen LogP contribution in [0, 0.1) is 17.1 Å². The first-order valence-corrected chi connectivity index (χ1v) is 7.30. The van der Waals surface area contributed by atoms with Crippen molar-refractivity contribution in [1.82, 2.24) is 0 Å². The number of carbonyl (C=O) groups excluding carboxylic acids is 1. The van der Waals surface area contributed by atoms with Crippen molar-refractivity contribution in [1.29, 1.82) is 5.26 Å². The van der Waals surface area contributed by atoms with Gasteiger partial charge in [0.05, 0.1) is 30.2 Å². The van der Waals surface area contributed by atoms with Crippen LogP contribution >= 0.6 is 0 Å². The maximum absolute atomic E-state index is 13.5. The zero-order valence-electron chi connectivity index (χ0n) is 10.7. The standard InChI is InChI=1S/C12H13FN2O4S/c1-19-12(16)3-2-6-20(17,18)15-11-5-4-9(8-14)7-10(11)13/h4-5,7,15H,2-3,6H2,1H3. The molecular formula is C12H13FN2O4S. The normalized spacial score (nSPS) is 10.7. The summed E-state index contributed by atoms with van der Waals surface area (Å²) in [6, 6.07) is 5.15. The summed E-state index contributed by atoms with van der Waals surface area (Å²) in [5.41, 5.74) is -0.141. The highest BCUT2D eigenvalue weighted by Crippen LogP contribution is 2.17. The van der Waals surface area contributed by atoms with E-state index >= 15 is 0 Å². The zero-order chi connectivity index (χ0) is 15.2. The van der Waals surface area contributed by atoms with Gasteiger partial charge in [0.2, 0.25) is 10.0 Å². The van der Waals surface area contributed by atoms with Gasteiger partial charge in [0.1, 0.15) is 5.82 Å². The van der Waals surface area contributed by atoms with Crippen LogP contribution < -0.4 is 4.72 Å². The molecule has 20 heavy (non-hydrogen) atoms. The molecule has 0 aromatic heterocycles. The number of carbonyl (C=O) groups is 1. The molecule has 8 heteroatoms. The van der Waals surface area contributed by atoms with E-state index in [1.165, 1.54) is 19.2 Å². The van der Waals surface area contributed by atoms with Gasteiger partial charge in [0.15, 0.2) is 0 Å². The molecule has 0 heterocycles. The van der Waals surface area contributed by atoms with E-state index in [1.807, 2.05) is 0 Å². The molecule has 0 aliphatic carbocycles. The molecule has 0 spiro atoms.